The molecule has 0 radical (unpaired) electrons. The molecule has 94 valence electrons. The lowest BCUT2D eigenvalue weighted by Crippen LogP contribution is -2.33. The Kier molecular flexibility index (Phi) is 3.85. The van der Waals surface area contributed by atoms with Crippen molar-refractivity contribution in [2.75, 3.05) is 13.7 Å². The molecule has 0 aliphatic carbocycles. The lowest BCUT2D eigenvalue weighted by atomic mass is 9.89. The summed E-state index contributed by atoms with van der Waals surface area (Å²) >= 11 is 0. The summed E-state index contributed by atoms with van der Waals surface area (Å²) in [6.45, 7) is 7.51. The third-order valence-electron chi connectivity index (χ3n) is 3.85. The third-order valence-corrected chi connectivity index (χ3v) is 3.85. The molecular formula is C15H23NO. The van der Waals surface area contributed by atoms with Crippen molar-refractivity contribution < 1.29 is 4.74 Å². The van der Waals surface area contributed by atoms with Crippen LogP contribution in [0.3, 0.4) is 0 Å². The summed E-state index contributed by atoms with van der Waals surface area (Å²) in [6, 6.07) is 6.97. The van der Waals surface area contributed by atoms with Crippen molar-refractivity contribution >= 4 is 0 Å². The number of ether oxygens (including phenoxy) is 1. The standard InChI is InChI=1S/C15H23NO/c1-10-5-6-11(2)13(9-10)14(16-4)15-12(3)7-8-17-15/h5-6,9,12,14-16H,7-8H2,1-4H3. The fourth-order valence-electron chi connectivity index (χ4n) is 2.74. The Bertz CT molecular complexity index is 389. The Balaban J connectivity index is 2.31. The zero-order chi connectivity index (χ0) is 12.4. The minimum Gasteiger partial charge on any atom is -0.376 e. The van der Waals surface area contributed by atoms with Gasteiger partial charge in [0.15, 0.2) is 0 Å². The molecule has 17 heavy (non-hydrogen) atoms. The Morgan fingerprint density at radius 3 is 2.71 bits per heavy atom. The van der Waals surface area contributed by atoms with Gasteiger partial charge in [0, 0.05) is 6.61 Å². The van der Waals surface area contributed by atoms with E-state index in [0.717, 1.165) is 6.61 Å². The van der Waals surface area contributed by atoms with Crippen molar-refractivity contribution in [1.29, 1.82) is 0 Å². The van der Waals surface area contributed by atoms with E-state index in [1.54, 1.807) is 0 Å². The lowest BCUT2D eigenvalue weighted by molar-refractivity contribution is 0.0629. The van der Waals surface area contributed by atoms with Crippen LogP contribution in [0.2, 0.25) is 0 Å². The second kappa shape index (κ2) is 5.19. The molecule has 1 aliphatic rings. The van der Waals surface area contributed by atoms with E-state index in [1.807, 2.05) is 7.05 Å². The summed E-state index contributed by atoms with van der Waals surface area (Å²) in [5, 5.41) is 3.43. The average Bonchev–Trinajstić information content (AvgIpc) is 2.71. The molecule has 1 aromatic rings. The number of aryl methyl sites for hydroxylation is 2. The molecule has 1 fully saturated rings. The molecule has 0 spiro atoms. The molecule has 1 N–H and O–H groups in total. The Hall–Kier alpha value is -0.860. The number of hydrogen-bond acceptors (Lipinski definition) is 2. The van der Waals surface area contributed by atoms with Crippen LogP contribution in [0.15, 0.2) is 18.2 Å². The van der Waals surface area contributed by atoms with E-state index in [0.29, 0.717) is 18.1 Å². The first kappa shape index (κ1) is 12.6. The van der Waals surface area contributed by atoms with Gasteiger partial charge in [0.05, 0.1) is 12.1 Å². The van der Waals surface area contributed by atoms with Gasteiger partial charge in [0.25, 0.3) is 0 Å². The second-order valence-corrected chi connectivity index (χ2v) is 5.23. The van der Waals surface area contributed by atoms with Crippen molar-refractivity contribution in [3.63, 3.8) is 0 Å². The molecule has 0 saturated carbocycles. The minimum absolute atomic E-state index is 0.306. The molecule has 0 bridgehead atoms. The molecule has 2 nitrogen and oxygen atoms in total. The largest absolute Gasteiger partial charge is 0.376 e. The molecule has 2 rings (SSSR count). The van der Waals surface area contributed by atoms with E-state index < -0.39 is 0 Å². The van der Waals surface area contributed by atoms with Crippen LogP contribution in [-0.2, 0) is 4.74 Å². The maximum atomic E-state index is 5.91. The Morgan fingerprint density at radius 1 is 1.35 bits per heavy atom. The highest BCUT2D eigenvalue weighted by molar-refractivity contribution is 5.34. The number of rotatable bonds is 3. The van der Waals surface area contributed by atoms with Crippen LogP contribution < -0.4 is 5.32 Å². The van der Waals surface area contributed by atoms with Crippen LogP contribution in [0, 0.1) is 19.8 Å². The van der Waals surface area contributed by atoms with E-state index in [-0.39, 0.29) is 0 Å². The van der Waals surface area contributed by atoms with Gasteiger partial charge >= 0.3 is 0 Å². The maximum Gasteiger partial charge on any atom is 0.0795 e. The van der Waals surface area contributed by atoms with Gasteiger partial charge < -0.3 is 10.1 Å². The molecule has 0 amide bonds. The summed E-state index contributed by atoms with van der Waals surface area (Å²) in [4.78, 5) is 0. The van der Waals surface area contributed by atoms with Gasteiger partial charge in [-0.25, -0.2) is 0 Å². The SMILES string of the molecule is CNC(c1cc(C)ccc1C)C1OCCC1C. The number of nitrogens with one attached hydrogen (secondary N) is 1. The van der Waals surface area contributed by atoms with E-state index in [4.69, 9.17) is 4.74 Å². The predicted octanol–water partition coefficient (Wildman–Crippen LogP) is 2.99. The zero-order valence-corrected chi connectivity index (χ0v) is 11.3. The second-order valence-electron chi connectivity index (χ2n) is 5.23. The van der Waals surface area contributed by atoms with Gasteiger partial charge in [0.1, 0.15) is 0 Å². The predicted molar refractivity (Wildman–Crippen MR) is 71.2 cm³/mol. The van der Waals surface area contributed by atoms with Gasteiger partial charge in [-0.05, 0) is 44.4 Å². The van der Waals surface area contributed by atoms with Crippen molar-refractivity contribution in [2.24, 2.45) is 5.92 Å². The molecule has 0 aromatic heterocycles. The number of benzene rings is 1. The number of likely N-dealkylation sites (N-methyl/N-ethyl adjacent to an activating group) is 1. The van der Waals surface area contributed by atoms with Crippen LogP contribution in [0.4, 0.5) is 0 Å². The summed E-state index contributed by atoms with van der Waals surface area (Å²) in [5.74, 6) is 0.632. The fourth-order valence-corrected chi connectivity index (χ4v) is 2.74. The first-order chi connectivity index (χ1) is 8.13. The molecule has 1 aromatic carbocycles. The van der Waals surface area contributed by atoms with E-state index >= 15 is 0 Å². The first-order valence-corrected chi connectivity index (χ1v) is 6.49. The van der Waals surface area contributed by atoms with E-state index in [1.165, 1.54) is 23.1 Å². The number of hydrogen-bond donors (Lipinski definition) is 1. The molecule has 1 aliphatic heterocycles. The van der Waals surface area contributed by atoms with Crippen molar-refractivity contribution in [3.8, 4) is 0 Å². The van der Waals surface area contributed by atoms with Crippen molar-refractivity contribution in [2.45, 2.75) is 39.3 Å². The Labute approximate surface area is 104 Å². The van der Waals surface area contributed by atoms with Crippen molar-refractivity contribution in [1.82, 2.24) is 5.32 Å². The monoisotopic (exact) mass is 233 g/mol. The van der Waals surface area contributed by atoms with Crippen LogP contribution >= 0.6 is 0 Å². The summed E-state index contributed by atoms with van der Waals surface area (Å²) < 4.78 is 5.91. The highest BCUT2D eigenvalue weighted by Gasteiger charge is 2.32. The molecule has 2 heteroatoms. The fraction of sp³-hybridized carbons (Fsp3) is 0.600. The van der Waals surface area contributed by atoms with Gasteiger partial charge in [-0.3, -0.25) is 0 Å². The first-order valence-electron chi connectivity index (χ1n) is 6.49. The van der Waals surface area contributed by atoms with Crippen LogP contribution in [0.25, 0.3) is 0 Å². The van der Waals surface area contributed by atoms with E-state index in [9.17, 15) is 0 Å². The van der Waals surface area contributed by atoms with Gasteiger partial charge in [-0.15, -0.1) is 0 Å². The topological polar surface area (TPSA) is 21.3 Å². The lowest BCUT2D eigenvalue weighted by Gasteiger charge is -2.27. The Morgan fingerprint density at radius 2 is 2.12 bits per heavy atom. The van der Waals surface area contributed by atoms with E-state index in [2.05, 4.69) is 44.3 Å². The summed E-state index contributed by atoms with van der Waals surface area (Å²) in [5.41, 5.74) is 4.04. The molecule has 1 saturated heterocycles. The highest BCUT2D eigenvalue weighted by atomic mass is 16.5. The average molecular weight is 233 g/mol. The van der Waals surface area contributed by atoms with Gasteiger partial charge in [-0.1, -0.05) is 30.7 Å². The molecule has 3 atom stereocenters. The van der Waals surface area contributed by atoms with Crippen LogP contribution in [-0.4, -0.2) is 19.8 Å². The summed E-state index contributed by atoms with van der Waals surface area (Å²) in [6.07, 6.45) is 1.48. The molecule has 3 unspecified atom stereocenters. The van der Waals surface area contributed by atoms with Gasteiger partial charge in [0.2, 0.25) is 0 Å². The summed E-state index contributed by atoms with van der Waals surface area (Å²) in [7, 11) is 2.03. The molecular weight excluding hydrogens is 210 g/mol. The van der Waals surface area contributed by atoms with Crippen LogP contribution in [0.5, 0.6) is 0 Å². The van der Waals surface area contributed by atoms with Crippen LogP contribution in [0.1, 0.15) is 36.1 Å². The smallest absolute Gasteiger partial charge is 0.0795 e. The molecule has 1 heterocycles. The minimum atomic E-state index is 0.306. The van der Waals surface area contributed by atoms with Crippen molar-refractivity contribution in [3.05, 3.63) is 34.9 Å². The quantitative estimate of drug-likeness (QED) is 0.866. The normalized spacial score (nSPS) is 26.1. The third kappa shape index (κ3) is 2.53. The van der Waals surface area contributed by atoms with Gasteiger partial charge in [-0.2, -0.15) is 0 Å². The zero-order valence-electron chi connectivity index (χ0n) is 11.3. The highest BCUT2D eigenvalue weighted by Crippen LogP contribution is 2.32. The maximum absolute atomic E-state index is 5.91.